The lowest BCUT2D eigenvalue weighted by Gasteiger charge is -2.31. The van der Waals surface area contributed by atoms with Crippen molar-refractivity contribution in [2.75, 3.05) is 6.61 Å². The summed E-state index contributed by atoms with van der Waals surface area (Å²) >= 11 is 0. The fraction of sp³-hybridized carbons (Fsp3) is 0.667. The van der Waals surface area contributed by atoms with E-state index in [0.717, 1.165) is 0 Å². The molecule has 0 radical (unpaired) electrons. The molecule has 0 bridgehead atoms. The van der Waals surface area contributed by atoms with Gasteiger partial charge in [-0.15, -0.1) is 0 Å². The number of hydrogen-bond donors (Lipinski definition) is 4. The van der Waals surface area contributed by atoms with Gasteiger partial charge in [0.05, 0.1) is 25.2 Å². The minimum absolute atomic E-state index is 0.000763. The monoisotopic (exact) mass is 272 g/mol. The molecule has 3 atom stereocenters. The number of amides is 2. The van der Waals surface area contributed by atoms with E-state index in [-0.39, 0.29) is 25.1 Å². The third-order valence-corrected chi connectivity index (χ3v) is 2.56. The number of carbonyl (C=O) groups excluding carboxylic acids is 1. The maximum Gasteiger partial charge on any atom is 0.315 e. The molecule has 7 nitrogen and oxygen atoms in total. The Bertz CT molecular complexity index is 356. The number of carboxylic acids is 1. The number of hydrogen-bond acceptors (Lipinski definition) is 4. The summed E-state index contributed by atoms with van der Waals surface area (Å²) in [6, 6.07) is -0.835. The first kappa shape index (κ1) is 15.5. The highest BCUT2D eigenvalue weighted by Crippen LogP contribution is 2.15. The van der Waals surface area contributed by atoms with E-state index in [9.17, 15) is 14.7 Å². The van der Waals surface area contributed by atoms with Crippen LogP contribution >= 0.6 is 0 Å². The van der Waals surface area contributed by atoms with Crippen molar-refractivity contribution in [3.8, 4) is 0 Å². The molecule has 1 heterocycles. The largest absolute Gasteiger partial charge is 0.481 e. The smallest absolute Gasteiger partial charge is 0.315 e. The van der Waals surface area contributed by atoms with Gasteiger partial charge in [-0.2, -0.15) is 0 Å². The fourth-order valence-electron chi connectivity index (χ4n) is 1.76. The number of urea groups is 1. The third-order valence-electron chi connectivity index (χ3n) is 2.56. The highest BCUT2D eigenvalue weighted by molar-refractivity contribution is 5.74. The second kappa shape index (κ2) is 7.10. The average molecular weight is 272 g/mol. The molecule has 1 rings (SSSR count). The topological polar surface area (TPSA) is 108 Å². The first-order chi connectivity index (χ1) is 8.92. The van der Waals surface area contributed by atoms with Crippen molar-refractivity contribution >= 4 is 12.0 Å². The number of ether oxygens (including phenoxy) is 1. The van der Waals surface area contributed by atoms with Crippen LogP contribution < -0.4 is 10.6 Å². The highest BCUT2D eigenvalue weighted by Gasteiger charge is 2.28. The van der Waals surface area contributed by atoms with Crippen molar-refractivity contribution in [2.24, 2.45) is 0 Å². The number of carboxylic acid groups (broad SMARTS) is 1. The molecule has 0 aromatic rings. The van der Waals surface area contributed by atoms with Gasteiger partial charge in [0.25, 0.3) is 0 Å². The van der Waals surface area contributed by atoms with E-state index in [1.807, 2.05) is 13.8 Å². The maximum atomic E-state index is 11.6. The summed E-state index contributed by atoms with van der Waals surface area (Å²) in [7, 11) is 0. The standard InChI is InChI=1S/C12H20N2O5/c1-7(2)13-12(18)14-9-4-3-8(5-11(16)17)19-10(9)6-15/h3-4,7-10,15H,5-6H2,1-2H3,(H,16,17)(H2,13,14,18)/t8-,9+,10-/m1/s1. The summed E-state index contributed by atoms with van der Waals surface area (Å²) in [5.74, 6) is -0.977. The van der Waals surface area contributed by atoms with Gasteiger partial charge in [-0.1, -0.05) is 12.2 Å². The molecule has 0 spiro atoms. The van der Waals surface area contributed by atoms with Crippen molar-refractivity contribution in [3.63, 3.8) is 0 Å². The predicted octanol–water partition coefficient (Wildman–Crippen LogP) is -0.147. The predicted molar refractivity (Wildman–Crippen MR) is 67.7 cm³/mol. The number of nitrogens with one attached hydrogen (secondary N) is 2. The van der Waals surface area contributed by atoms with E-state index >= 15 is 0 Å². The number of aliphatic hydroxyl groups excluding tert-OH is 1. The van der Waals surface area contributed by atoms with Gasteiger partial charge in [0.2, 0.25) is 0 Å². The molecule has 0 fully saturated rings. The number of carbonyl (C=O) groups is 2. The zero-order chi connectivity index (χ0) is 14.4. The molecule has 1 aliphatic heterocycles. The fourth-order valence-corrected chi connectivity index (χ4v) is 1.76. The first-order valence-corrected chi connectivity index (χ1v) is 6.15. The van der Waals surface area contributed by atoms with Crippen LogP contribution in [-0.4, -0.2) is 53.1 Å². The molecular weight excluding hydrogens is 252 g/mol. The number of rotatable bonds is 5. The molecule has 0 unspecified atom stereocenters. The Labute approximate surface area is 111 Å². The molecule has 0 saturated carbocycles. The zero-order valence-corrected chi connectivity index (χ0v) is 11.0. The van der Waals surface area contributed by atoms with Gasteiger partial charge in [0.1, 0.15) is 6.10 Å². The van der Waals surface area contributed by atoms with Gasteiger partial charge in [0.15, 0.2) is 0 Å². The lowest BCUT2D eigenvalue weighted by atomic mass is 10.1. The summed E-state index contributed by atoms with van der Waals surface area (Å²) < 4.78 is 5.40. The van der Waals surface area contributed by atoms with Gasteiger partial charge in [-0.25, -0.2) is 4.79 Å². The van der Waals surface area contributed by atoms with E-state index in [4.69, 9.17) is 9.84 Å². The Morgan fingerprint density at radius 2 is 2.05 bits per heavy atom. The summed E-state index contributed by atoms with van der Waals surface area (Å²) in [4.78, 5) is 22.1. The Kier molecular flexibility index (Phi) is 5.78. The summed E-state index contributed by atoms with van der Waals surface area (Å²) in [5, 5.41) is 23.2. The van der Waals surface area contributed by atoms with Gasteiger partial charge in [0, 0.05) is 6.04 Å². The van der Waals surface area contributed by atoms with Crippen molar-refractivity contribution in [1.29, 1.82) is 0 Å². The third kappa shape index (κ3) is 5.27. The lowest BCUT2D eigenvalue weighted by molar-refractivity contribution is -0.141. The normalized spacial score (nSPS) is 26.2. The van der Waals surface area contributed by atoms with Crippen LogP contribution in [0.4, 0.5) is 4.79 Å². The van der Waals surface area contributed by atoms with Crippen LogP contribution in [0.1, 0.15) is 20.3 Å². The van der Waals surface area contributed by atoms with Crippen LogP contribution in [0.3, 0.4) is 0 Å². The minimum Gasteiger partial charge on any atom is -0.481 e. The Morgan fingerprint density at radius 3 is 2.58 bits per heavy atom. The van der Waals surface area contributed by atoms with Gasteiger partial charge >= 0.3 is 12.0 Å². The summed E-state index contributed by atoms with van der Waals surface area (Å²) in [5.41, 5.74) is 0. The van der Waals surface area contributed by atoms with E-state index in [0.29, 0.717) is 0 Å². The van der Waals surface area contributed by atoms with Gasteiger partial charge < -0.3 is 25.6 Å². The lowest BCUT2D eigenvalue weighted by Crippen LogP contribution is -2.52. The van der Waals surface area contributed by atoms with Gasteiger partial charge in [-0.05, 0) is 13.8 Å². The molecule has 0 aliphatic carbocycles. The Hall–Kier alpha value is -1.60. The van der Waals surface area contributed by atoms with Crippen LogP contribution in [-0.2, 0) is 9.53 Å². The molecule has 108 valence electrons. The summed E-state index contributed by atoms with van der Waals surface area (Å²) in [6.45, 7) is 3.37. The SMILES string of the molecule is CC(C)NC(=O)N[C@H]1C=C[C@H](CC(=O)O)O[C@@H]1CO. The molecule has 0 saturated heterocycles. The first-order valence-electron chi connectivity index (χ1n) is 6.15. The van der Waals surface area contributed by atoms with Crippen LogP contribution in [0, 0.1) is 0 Å². The molecule has 7 heteroatoms. The summed E-state index contributed by atoms with van der Waals surface area (Å²) in [6.07, 6.45) is 1.84. The molecule has 0 aromatic carbocycles. The van der Waals surface area contributed by atoms with Crippen molar-refractivity contribution in [3.05, 3.63) is 12.2 Å². The van der Waals surface area contributed by atoms with Crippen LogP contribution in [0.25, 0.3) is 0 Å². The highest BCUT2D eigenvalue weighted by atomic mass is 16.5. The molecule has 4 N–H and O–H groups in total. The van der Waals surface area contributed by atoms with Crippen molar-refractivity contribution in [2.45, 2.75) is 44.6 Å². The molecular formula is C12H20N2O5. The number of aliphatic carboxylic acids is 1. The van der Waals surface area contributed by atoms with E-state index < -0.39 is 24.2 Å². The van der Waals surface area contributed by atoms with Crippen LogP contribution in [0.2, 0.25) is 0 Å². The molecule has 19 heavy (non-hydrogen) atoms. The van der Waals surface area contributed by atoms with Gasteiger partial charge in [-0.3, -0.25) is 4.79 Å². The number of aliphatic hydroxyl groups is 1. The van der Waals surface area contributed by atoms with E-state index in [1.54, 1.807) is 12.2 Å². The van der Waals surface area contributed by atoms with E-state index in [1.165, 1.54) is 0 Å². The van der Waals surface area contributed by atoms with E-state index in [2.05, 4.69) is 10.6 Å². The maximum absolute atomic E-state index is 11.6. The molecule has 1 aliphatic rings. The zero-order valence-electron chi connectivity index (χ0n) is 11.0. The van der Waals surface area contributed by atoms with Crippen molar-refractivity contribution < 1.29 is 24.5 Å². The Balaban J connectivity index is 2.58. The molecule has 0 aromatic heterocycles. The van der Waals surface area contributed by atoms with Crippen LogP contribution in [0.5, 0.6) is 0 Å². The average Bonchev–Trinajstić information content (AvgIpc) is 2.29. The van der Waals surface area contributed by atoms with Crippen molar-refractivity contribution in [1.82, 2.24) is 10.6 Å². The second-order valence-corrected chi connectivity index (χ2v) is 4.68. The quantitative estimate of drug-likeness (QED) is 0.521. The molecule has 2 amide bonds. The van der Waals surface area contributed by atoms with Crippen LogP contribution in [0.15, 0.2) is 12.2 Å². The Morgan fingerprint density at radius 1 is 1.37 bits per heavy atom. The second-order valence-electron chi connectivity index (χ2n) is 4.68. The minimum atomic E-state index is -0.977.